The van der Waals surface area contributed by atoms with E-state index < -0.39 is 0 Å². The Bertz CT molecular complexity index is 925. The Labute approximate surface area is 150 Å². The lowest BCUT2D eigenvalue weighted by Gasteiger charge is -2.38. The molecule has 2 heterocycles. The van der Waals surface area contributed by atoms with Gasteiger partial charge in [-0.3, -0.25) is 0 Å². The number of rotatable bonds is 3. The Morgan fingerprint density at radius 1 is 1.08 bits per heavy atom. The van der Waals surface area contributed by atoms with E-state index in [1.165, 1.54) is 0 Å². The number of halogens is 1. The van der Waals surface area contributed by atoms with Crippen molar-refractivity contribution in [3.8, 4) is 5.88 Å². The second kappa shape index (κ2) is 6.61. The van der Waals surface area contributed by atoms with Gasteiger partial charge in [-0.05, 0) is 24.3 Å². The third-order valence-corrected chi connectivity index (χ3v) is 4.44. The Morgan fingerprint density at radius 2 is 1.84 bits per heavy atom. The topological polar surface area (TPSA) is 54.5 Å². The first kappa shape index (κ1) is 15.7. The SMILES string of the molecule is O=C(Nc1ccccc1Cl)N1CC(Oc2ccc3ccccc3n2)C1. The Balaban J connectivity index is 1.33. The smallest absolute Gasteiger partial charge is 0.322 e. The molecule has 0 unspecified atom stereocenters. The number of nitrogens with zero attached hydrogens (tertiary/aromatic N) is 2. The Hall–Kier alpha value is -2.79. The fourth-order valence-electron chi connectivity index (χ4n) is 2.72. The molecule has 0 spiro atoms. The fraction of sp³-hybridized carbons (Fsp3) is 0.158. The zero-order chi connectivity index (χ0) is 17.2. The fourth-order valence-corrected chi connectivity index (χ4v) is 2.90. The largest absolute Gasteiger partial charge is 0.471 e. The van der Waals surface area contributed by atoms with E-state index in [1.807, 2.05) is 48.5 Å². The van der Waals surface area contributed by atoms with Crippen LogP contribution in [0.15, 0.2) is 60.7 Å². The minimum Gasteiger partial charge on any atom is -0.471 e. The molecule has 25 heavy (non-hydrogen) atoms. The first-order valence-corrected chi connectivity index (χ1v) is 8.40. The molecule has 1 N–H and O–H groups in total. The number of likely N-dealkylation sites (tertiary alicyclic amines) is 1. The molecule has 0 bridgehead atoms. The lowest BCUT2D eigenvalue weighted by atomic mass is 10.2. The molecule has 126 valence electrons. The van der Waals surface area contributed by atoms with Gasteiger partial charge in [0.1, 0.15) is 6.10 Å². The number of anilines is 1. The number of amides is 2. The Kier molecular flexibility index (Phi) is 4.15. The van der Waals surface area contributed by atoms with Crippen molar-refractivity contribution in [3.05, 3.63) is 65.7 Å². The van der Waals surface area contributed by atoms with Gasteiger partial charge in [0.25, 0.3) is 0 Å². The highest BCUT2D eigenvalue weighted by atomic mass is 35.5. The number of urea groups is 1. The lowest BCUT2D eigenvalue weighted by Crippen LogP contribution is -2.57. The first-order chi connectivity index (χ1) is 12.2. The molecule has 6 heteroatoms. The van der Waals surface area contributed by atoms with Crippen LogP contribution < -0.4 is 10.1 Å². The highest BCUT2D eigenvalue weighted by Crippen LogP contribution is 2.23. The number of carbonyl (C=O) groups excluding carboxylic acids is 1. The van der Waals surface area contributed by atoms with Crippen LogP contribution in [0.2, 0.25) is 5.02 Å². The van der Waals surface area contributed by atoms with Gasteiger partial charge in [-0.2, -0.15) is 0 Å². The van der Waals surface area contributed by atoms with E-state index in [-0.39, 0.29) is 12.1 Å². The van der Waals surface area contributed by atoms with Crippen LogP contribution in [0, 0.1) is 0 Å². The van der Waals surface area contributed by atoms with E-state index in [1.54, 1.807) is 17.0 Å². The number of ether oxygens (including phenoxy) is 1. The van der Waals surface area contributed by atoms with Crippen molar-refractivity contribution in [2.75, 3.05) is 18.4 Å². The molecule has 0 aliphatic carbocycles. The van der Waals surface area contributed by atoms with E-state index in [4.69, 9.17) is 16.3 Å². The summed E-state index contributed by atoms with van der Waals surface area (Å²) in [6, 6.07) is 18.7. The van der Waals surface area contributed by atoms with Gasteiger partial charge in [-0.25, -0.2) is 9.78 Å². The molecule has 3 aromatic rings. The molecule has 1 aliphatic rings. The summed E-state index contributed by atoms with van der Waals surface area (Å²) in [6.07, 6.45) is -0.0503. The number of nitrogens with one attached hydrogen (secondary N) is 1. The van der Waals surface area contributed by atoms with Crippen LogP contribution in [0.1, 0.15) is 0 Å². The number of para-hydroxylation sites is 2. The molecular weight excluding hydrogens is 338 g/mol. The number of aromatic nitrogens is 1. The Morgan fingerprint density at radius 3 is 2.68 bits per heavy atom. The van der Waals surface area contributed by atoms with Crippen molar-refractivity contribution in [2.24, 2.45) is 0 Å². The molecular formula is C19H16ClN3O2. The second-order valence-corrected chi connectivity index (χ2v) is 6.30. The monoisotopic (exact) mass is 353 g/mol. The van der Waals surface area contributed by atoms with Crippen LogP contribution >= 0.6 is 11.6 Å². The quantitative estimate of drug-likeness (QED) is 0.768. The van der Waals surface area contributed by atoms with Crippen molar-refractivity contribution in [1.29, 1.82) is 0 Å². The van der Waals surface area contributed by atoms with E-state index in [2.05, 4.69) is 10.3 Å². The van der Waals surface area contributed by atoms with Gasteiger partial charge in [0.15, 0.2) is 0 Å². The summed E-state index contributed by atoms with van der Waals surface area (Å²) < 4.78 is 5.85. The van der Waals surface area contributed by atoms with Gasteiger partial charge in [0.2, 0.25) is 5.88 Å². The number of benzene rings is 2. The van der Waals surface area contributed by atoms with Crippen molar-refractivity contribution in [3.63, 3.8) is 0 Å². The third-order valence-electron chi connectivity index (χ3n) is 4.11. The molecule has 1 aliphatic heterocycles. The minimum atomic E-state index is -0.181. The molecule has 1 aromatic heterocycles. The number of fused-ring (bicyclic) bond motifs is 1. The molecule has 5 nitrogen and oxygen atoms in total. The highest BCUT2D eigenvalue weighted by molar-refractivity contribution is 6.33. The van der Waals surface area contributed by atoms with E-state index in [0.717, 1.165) is 10.9 Å². The third kappa shape index (κ3) is 3.37. The second-order valence-electron chi connectivity index (χ2n) is 5.90. The standard InChI is InChI=1S/C19H16ClN3O2/c20-15-6-2-4-8-17(15)22-19(24)23-11-14(12-23)25-18-10-9-13-5-1-3-7-16(13)21-18/h1-10,14H,11-12H2,(H,22,24). The maximum Gasteiger partial charge on any atom is 0.322 e. The minimum absolute atomic E-state index is 0.0503. The van der Waals surface area contributed by atoms with Crippen molar-refractivity contribution in [2.45, 2.75) is 6.10 Å². The molecule has 0 radical (unpaired) electrons. The summed E-state index contributed by atoms with van der Waals surface area (Å²) in [5.41, 5.74) is 1.50. The van der Waals surface area contributed by atoms with Crippen molar-refractivity contribution >= 4 is 34.2 Å². The summed E-state index contributed by atoms with van der Waals surface area (Å²) in [6.45, 7) is 1.04. The molecule has 0 atom stereocenters. The molecule has 1 saturated heterocycles. The molecule has 0 saturated carbocycles. The van der Waals surface area contributed by atoms with Crippen LogP contribution in [-0.2, 0) is 0 Å². The highest BCUT2D eigenvalue weighted by Gasteiger charge is 2.32. The summed E-state index contributed by atoms with van der Waals surface area (Å²) in [5.74, 6) is 0.579. The van der Waals surface area contributed by atoms with Gasteiger partial charge in [0.05, 0.1) is 29.3 Å². The molecule has 2 aromatic carbocycles. The molecule has 4 rings (SSSR count). The zero-order valence-corrected chi connectivity index (χ0v) is 14.1. The van der Waals surface area contributed by atoms with Crippen LogP contribution in [0.4, 0.5) is 10.5 Å². The molecule has 2 amide bonds. The van der Waals surface area contributed by atoms with Crippen LogP contribution in [0.3, 0.4) is 0 Å². The predicted octanol–water partition coefficient (Wildman–Crippen LogP) is 4.18. The number of hydrogen-bond acceptors (Lipinski definition) is 3. The maximum absolute atomic E-state index is 12.2. The summed E-state index contributed by atoms with van der Waals surface area (Å²) in [7, 11) is 0. The number of hydrogen-bond donors (Lipinski definition) is 1. The zero-order valence-electron chi connectivity index (χ0n) is 13.4. The molecule has 1 fully saturated rings. The van der Waals surface area contributed by atoms with Gasteiger partial charge in [-0.15, -0.1) is 0 Å². The van der Waals surface area contributed by atoms with Crippen molar-refractivity contribution in [1.82, 2.24) is 9.88 Å². The first-order valence-electron chi connectivity index (χ1n) is 8.02. The van der Waals surface area contributed by atoms with Gasteiger partial charge in [-0.1, -0.05) is 41.9 Å². The summed E-state index contributed by atoms with van der Waals surface area (Å²) in [4.78, 5) is 18.4. The van der Waals surface area contributed by atoms with Gasteiger partial charge >= 0.3 is 6.03 Å². The van der Waals surface area contributed by atoms with Crippen LogP contribution in [0.25, 0.3) is 10.9 Å². The van der Waals surface area contributed by atoms with Crippen LogP contribution in [-0.4, -0.2) is 35.1 Å². The average Bonchev–Trinajstić information content (AvgIpc) is 2.59. The van der Waals surface area contributed by atoms with E-state index >= 15 is 0 Å². The van der Waals surface area contributed by atoms with Crippen molar-refractivity contribution < 1.29 is 9.53 Å². The normalized spacial score (nSPS) is 14.2. The average molecular weight is 354 g/mol. The van der Waals surface area contributed by atoms with Gasteiger partial charge in [0, 0.05) is 11.5 Å². The predicted molar refractivity (Wildman–Crippen MR) is 98.2 cm³/mol. The van der Waals surface area contributed by atoms with E-state index in [9.17, 15) is 4.79 Å². The van der Waals surface area contributed by atoms with E-state index in [0.29, 0.717) is 29.7 Å². The number of carbonyl (C=O) groups is 1. The summed E-state index contributed by atoms with van der Waals surface area (Å²) >= 11 is 6.05. The van der Waals surface area contributed by atoms with Crippen LogP contribution in [0.5, 0.6) is 5.88 Å². The van der Waals surface area contributed by atoms with Gasteiger partial charge < -0.3 is 15.0 Å². The number of pyridine rings is 1. The lowest BCUT2D eigenvalue weighted by molar-refractivity contribution is 0.0463. The summed E-state index contributed by atoms with van der Waals surface area (Å²) in [5, 5.41) is 4.40. The maximum atomic E-state index is 12.2.